The van der Waals surface area contributed by atoms with Crippen molar-refractivity contribution in [2.45, 2.75) is 13.5 Å². The van der Waals surface area contributed by atoms with Crippen LogP contribution in [0.15, 0.2) is 53.6 Å². The van der Waals surface area contributed by atoms with Gasteiger partial charge in [-0.2, -0.15) is 5.10 Å². The van der Waals surface area contributed by atoms with Crippen molar-refractivity contribution in [3.8, 4) is 0 Å². The molecule has 3 rings (SSSR count). The number of rotatable bonds is 6. The lowest BCUT2D eigenvalue weighted by atomic mass is 10.2. The van der Waals surface area contributed by atoms with Crippen molar-refractivity contribution in [2.24, 2.45) is 0 Å². The van der Waals surface area contributed by atoms with Gasteiger partial charge in [-0.3, -0.25) is 9.59 Å². The first kappa shape index (κ1) is 16.6. The Balaban J connectivity index is 1.62. The van der Waals surface area contributed by atoms with Crippen LogP contribution in [0.1, 0.15) is 17.3 Å². The molecule has 2 aromatic heterocycles. The fourth-order valence-corrected chi connectivity index (χ4v) is 2.47. The van der Waals surface area contributed by atoms with Gasteiger partial charge in [0.25, 0.3) is 11.5 Å². The molecule has 0 aliphatic rings. The van der Waals surface area contributed by atoms with E-state index in [4.69, 9.17) is 0 Å². The number of carbonyl (C=O) groups excluding carboxylic acids is 1. The monoisotopic (exact) mass is 337 g/mol. The van der Waals surface area contributed by atoms with E-state index in [-0.39, 0.29) is 11.5 Å². The molecular formula is C18H19N5O2. The SMILES string of the molecule is CCNC(=O)c1ccc(NCCn2ncc3ccccc3c2=O)nc1. The van der Waals surface area contributed by atoms with Crippen molar-refractivity contribution >= 4 is 22.5 Å². The summed E-state index contributed by atoms with van der Waals surface area (Å²) >= 11 is 0. The van der Waals surface area contributed by atoms with Gasteiger partial charge in [0.15, 0.2) is 0 Å². The highest BCUT2D eigenvalue weighted by molar-refractivity contribution is 5.93. The molecule has 0 spiro atoms. The summed E-state index contributed by atoms with van der Waals surface area (Å²) in [5.41, 5.74) is 0.402. The van der Waals surface area contributed by atoms with Crippen LogP contribution in [0.2, 0.25) is 0 Å². The van der Waals surface area contributed by atoms with Gasteiger partial charge >= 0.3 is 0 Å². The Hall–Kier alpha value is -3.22. The summed E-state index contributed by atoms with van der Waals surface area (Å²) in [6.45, 7) is 3.36. The molecule has 0 atom stereocenters. The molecule has 0 bridgehead atoms. The van der Waals surface area contributed by atoms with Crippen molar-refractivity contribution in [3.05, 3.63) is 64.7 Å². The van der Waals surface area contributed by atoms with Gasteiger partial charge in [-0.05, 0) is 25.1 Å². The summed E-state index contributed by atoms with van der Waals surface area (Å²) in [5, 5.41) is 11.5. The molecule has 2 N–H and O–H groups in total. The number of hydrogen-bond acceptors (Lipinski definition) is 5. The minimum absolute atomic E-state index is 0.112. The quantitative estimate of drug-likeness (QED) is 0.714. The van der Waals surface area contributed by atoms with Gasteiger partial charge in [0.2, 0.25) is 0 Å². The highest BCUT2D eigenvalue weighted by atomic mass is 16.1. The van der Waals surface area contributed by atoms with Crippen molar-refractivity contribution < 1.29 is 4.79 Å². The van der Waals surface area contributed by atoms with Crippen molar-refractivity contribution in [1.82, 2.24) is 20.1 Å². The number of carbonyl (C=O) groups is 1. The Morgan fingerprint density at radius 3 is 2.76 bits per heavy atom. The third kappa shape index (κ3) is 3.82. The number of pyridine rings is 1. The highest BCUT2D eigenvalue weighted by Crippen LogP contribution is 2.07. The first-order chi connectivity index (χ1) is 12.2. The van der Waals surface area contributed by atoms with Crippen LogP contribution in [0.4, 0.5) is 5.82 Å². The summed E-state index contributed by atoms with van der Waals surface area (Å²) in [6.07, 6.45) is 3.21. The van der Waals surface area contributed by atoms with Gasteiger partial charge < -0.3 is 10.6 Å². The van der Waals surface area contributed by atoms with Crippen LogP contribution in [-0.2, 0) is 6.54 Å². The first-order valence-corrected chi connectivity index (χ1v) is 8.12. The van der Waals surface area contributed by atoms with Crippen molar-refractivity contribution in [1.29, 1.82) is 0 Å². The Kier molecular flexibility index (Phi) is 5.03. The van der Waals surface area contributed by atoms with E-state index < -0.39 is 0 Å². The number of hydrogen-bond donors (Lipinski definition) is 2. The van der Waals surface area contributed by atoms with E-state index in [1.54, 1.807) is 24.4 Å². The van der Waals surface area contributed by atoms with Crippen LogP contribution in [0.25, 0.3) is 10.8 Å². The predicted molar refractivity (Wildman–Crippen MR) is 96.7 cm³/mol. The summed E-state index contributed by atoms with van der Waals surface area (Å²) < 4.78 is 1.43. The maximum Gasteiger partial charge on any atom is 0.274 e. The zero-order valence-electron chi connectivity index (χ0n) is 13.9. The molecule has 128 valence electrons. The average Bonchev–Trinajstić information content (AvgIpc) is 2.64. The number of benzene rings is 1. The molecule has 0 saturated carbocycles. The maximum atomic E-state index is 12.4. The summed E-state index contributed by atoms with van der Waals surface area (Å²) in [6, 6.07) is 10.8. The number of nitrogens with zero attached hydrogens (tertiary/aromatic N) is 3. The van der Waals surface area contributed by atoms with E-state index >= 15 is 0 Å². The lowest BCUT2D eigenvalue weighted by Gasteiger charge is -2.08. The fraction of sp³-hybridized carbons (Fsp3) is 0.222. The molecule has 0 aliphatic heterocycles. The van der Waals surface area contributed by atoms with Crippen molar-refractivity contribution in [2.75, 3.05) is 18.4 Å². The molecule has 0 saturated heterocycles. The van der Waals surface area contributed by atoms with Gasteiger partial charge in [0.1, 0.15) is 5.82 Å². The summed E-state index contributed by atoms with van der Waals surface area (Å²) in [7, 11) is 0. The van der Waals surface area contributed by atoms with E-state index in [9.17, 15) is 9.59 Å². The van der Waals surface area contributed by atoms with Gasteiger partial charge in [-0.25, -0.2) is 9.67 Å². The van der Waals surface area contributed by atoms with E-state index in [0.717, 1.165) is 5.39 Å². The van der Waals surface area contributed by atoms with E-state index in [1.165, 1.54) is 10.9 Å². The number of fused-ring (bicyclic) bond motifs is 1. The maximum absolute atomic E-state index is 12.4. The largest absolute Gasteiger partial charge is 0.368 e. The molecule has 0 unspecified atom stereocenters. The molecule has 0 radical (unpaired) electrons. The van der Waals surface area contributed by atoms with Crippen LogP contribution in [0.3, 0.4) is 0 Å². The lowest BCUT2D eigenvalue weighted by molar-refractivity contribution is 0.0955. The van der Waals surface area contributed by atoms with Crippen LogP contribution >= 0.6 is 0 Å². The van der Waals surface area contributed by atoms with Crippen LogP contribution in [0, 0.1) is 0 Å². The minimum Gasteiger partial charge on any atom is -0.368 e. The lowest BCUT2D eigenvalue weighted by Crippen LogP contribution is -2.26. The first-order valence-electron chi connectivity index (χ1n) is 8.12. The molecule has 0 fully saturated rings. The standard InChI is InChI=1S/C18H19N5O2/c1-2-19-17(24)14-7-8-16(21-11-14)20-9-10-23-18(25)15-6-4-3-5-13(15)12-22-23/h3-8,11-12H,2,9-10H2,1H3,(H,19,24)(H,20,21). The Labute approximate surface area is 144 Å². The fourth-order valence-electron chi connectivity index (χ4n) is 2.47. The number of nitrogens with one attached hydrogen (secondary N) is 2. The molecule has 7 heteroatoms. The zero-order valence-corrected chi connectivity index (χ0v) is 13.9. The molecule has 1 aromatic carbocycles. The van der Waals surface area contributed by atoms with E-state index in [2.05, 4.69) is 20.7 Å². The molecule has 2 heterocycles. The van der Waals surface area contributed by atoms with Gasteiger partial charge in [0, 0.05) is 24.7 Å². The second-order valence-electron chi connectivity index (χ2n) is 5.48. The van der Waals surface area contributed by atoms with Crippen LogP contribution < -0.4 is 16.2 Å². The summed E-state index contributed by atoms with van der Waals surface area (Å²) in [4.78, 5) is 28.3. The smallest absolute Gasteiger partial charge is 0.274 e. The molecule has 3 aromatic rings. The normalized spacial score (nSPS) is 10.6. The minimum atomic E-state index is -0.145. The third-order valence-electron chi connectivity index (χ3n) is 3.75. The molecule has 25 heavy (non-hydrogen) atoms. The van der Waals surface area contributed by atoms with Gasteiger partial charge in [-0.1, -0.05) is 18.2 Å². The second-order valence-corrected chi connectivity index (χ2v) is 5.48. The predicted octanol–water partition coefficient (Wildman–Crippen LogP) is 1.65. The van der Waals surface area contributed by atoms with Gasteiger partial charge in [-0.15, -0.1) is 0 Å². The number of anilines is 1. The van der Waals surface area contributed by atoms with Gasteiger partial charge in [0.05, 0.1) is 23.7 Å². The second kappa shape index (κ2) is 7.57. The van der Waals surface area contributed by atoms with Crippen LogP contribution in [-0.4, -0.2) is 33.8 Å². The Morgan fingerprint density at radius 2 is 2.00 bits per heavy atom. The highest BCUT2D eigenvalue weighted by Gasteiger charge is 2.05. The van der Waals surface area contributed by atoms with E-state index in [1.807, 2.05) is 25.1 Å². The molecular weight excluding hydrogens is 318 g/mol. The molecule has 0 aliphatic carbocycles. The Morgan fingerprint density at radius 1 is 1.16 bits per heavy atom. The number of amides is 1. The Bertz CT molecular complexity index is 934. The third-order valence-corrected chi connectivity index (χ3v) is 3.75. The van der Waals surface area contributed by atoms with Crippen molar-refractivity contribution in [3.63, 3.8) is 0 Å². The zero-order chi connectivity index (χ0) is 17.6. The molecule has 1 amide bonds. The van der Waals surface area contributed by atoms with Crippen LogP contribution in [0.5, 0.6) is 0 Å². The molecule has 7 nitrogen and oxygen atoms in total. The van der Waals surface area contributed by atoms with E-state index in [0.29, 0.717) is 36.4 Å². The topological polar surface area (TPSA) is 88.9 Å². The number of aromatic nitrogens is 3. The average molecular weight is 337 g/mol. The summed E-state index contributed by atoms with van der Waals surface area (Å²) in [5.74, 6) is 0.496.